The minimum atomic E-state index is -0.100. The zero-order valence-electron chi connectivity index (χ0n) is 14.8. The van der Waals surface area contributed by atoms with Crippen molar-refractivity contribution in [2.45, 2.75) is 18.9 Å². The van der Waals surface area contributed by atoms with Gasteiger partial charge in [0.25, 0.3) is 0 Å². The number of ether oxygens (including phenoxy) is 1. The molecule has 2 aromatic carbocycles. The summed E-state index contributed by atoms with van der Waals surface area (Å²) in [4.78, 5) is 18.7. The third-order valence-electron chi connectivity index (χ3n) is 4.62. The highest BCUT2D eigenvalue weighted by atomic mass is 35.5. The molecule has 0 aliphatic carbocycles. The number of carbonyl (C=O) groups excluding carboxylic acids is 1. The van der Waals surface area contributed by atoms with Crippen LogP contribution in [0.15, 0.2) is 53.1 Å². The second kappa shape index (κ2) is 7.40. The number of carbonyl (C=O) groups is 1. The fraction of sp³-hybridized carbons (Fsp3) is 0.250. The average molecular weight is 384 g/mol. The summed E-state index contributed by atoms with van der Waals surface area (Å²) < 4.78 is 10.7. The molecule has 0 radical (unpaired) electrons. The summed E-state index contributed by atoms with van der Waals surface area (Å²) in [5.41, 5.74) is 1.85. The van der Waals surface area contributed by atoms with Gasteiger partial charge in [0.15, 0.2) is 0 Å². The van der Waals surface area contributed by atoms with Crippen LogP contribution in [0.4, 0.5) is 0 Å². The minimum absolute atomic E-state index is 0.0778. The van der Waals surface area contributed by atoms with Gasteiger partial charge in [-0.1, -0.05) is 28.9 Å². The number of halogens is 1. The van der Waals surface area contributed by atoms with E-state index in [0.717, 1.165) is 16.9 Å². The first-order valence-corrected chi connectivity index (χ1v) is 9.00. The Kier molecular flexibility index (Phi) is 4.81. The van der Waals surface area contributed by atoms with Crippen molar-refractivity contribution in [3.05, 3.63) is 65.0 Å². The van der Waals surface area contributed by atoms with Crippen molar-refractivity contribution < 1.29 is 14.1 Å². The summed E-state index contributed by atoms with van der Waals surface area (Å²) >= 11 is 5.91. The maximum atomic E-state index is 12.4. The minimum Gasteiger partial charge on any atom is -0.497 e. The Hall–Kier alpha value is -2.86. The molecule has 4 rings (SSSR count). The molecule has 1 amide bonds. The van der Waals surface area contributed by atoms with Gasteiger partial charge in [-0.05, 0) is 42.0 Å². The number of hydrogen-bond donors (Lipinski definition) is 0. The first-order chi connectivity index (χ1) is 13.1. The Morgan fingerprint density at radius 1 is 1.26 bits per heavy atom. The third-order valence-corrected chi connectivity index (χ3v) is 4.87. The number of rotatable bonds is 5. The quantitative estimate of drug-likeness (QED) is 0.668. The highest BCUT2D eigenvalue weighted by Gasteiger charge is 2.34. The topological polar surface area (TPSA) is 68.5 Å². The molecule has 138 valence electrons. The lowest BCUT2D eigenvalue weighted by Gasteiger charge is -2.16. The van der Waals surface area contributed by atoms with Crippen molar-refractivity contribution in [3.8, 4) is 17.1 Å². The third kappa shape index (κ3) is 3.80. The average Bonchev–Trinajstić information content (AvgIpc) is 3.30. The SMILES string of the molecule is COc1cccc(CN2CC(c3nc(-c4ccc(Cl)cc4)no3)CC2=O)c1. The monoisotopic (exact) mass is 383 g/mol. The Morgan fingerprint density at radius 2 is 2.07 bits per heavy atom. The smallest absolute Gasteiger partial charge is 0.232 e. The molecule has 3 aromatic rings. The zero-order chi connectivity index (χ0) is 18.8. The van der Waals surface area contributed by atoms with Gasteiger partial charge in [-0.2, -0.15) is 4.98 Å². The summed E-state index contributed by atoms with van der Waals surface area (Å²) in [6, 6.07) is 15.0. The molecule has 6 nitrogen and oxygen atoms in total. The largest absolute Gasteiger partial charge is 0.497 e. The van der Waals surface area contributed by atoms with Gasteiger partial charge in [0.2, 0.25) is 17.6 Å². The Balaban J connectivity index is 1.46. The number of hydrogen-bond acceptors (Lipinski definition) is 5. The lowest BCUT2D eigenvalue weighted by atomic mass is 10.1. The van der Waals surface area contributed by atoms with Crippen LogP contribution in [0.1, 0.15) is 23.8 Å². The van der Waals surface area contributed by atoms with Crippen molar-refractivity contribution in [2.24, 2.45) is 0 Å². The summed E-state index contributed by atoms with van der Waals surface area (Å²) in [5.74, 6) is 1.74. The van der Waals surface area contributed by atoms with Gasteiger partial charge in [-0.15, -0.1) is 0 Å². The van der Waals surface area contributed by atoms with Crippen LogP contribution in [0.5, 0.6) is 5.75 Å². The van der Waals surface area contributed by atoms with Crippen molar-refractivity contribution in [1.29, 1.82) is 0 Å². The lowest BCUT2D eigenvalue weighted by Crippen LogP contribution is -2.24. The molecule has 0 bridgehead atoms. The Morgan fingerprint density at radius 3 is 2.85 bits per heavy atom. The van der Waals surface area contributed by atoms with Gasteiger partial charge in [-0.3, -0.25) is 4.79 Å². The van der Waals surface area contributed by atoms with E-state index in [0.29, 0.717) is 36.2 Å². The van der Waals surface area contributed by atoms with E-state index in [9.17, 15) is 4.79 Å². The van der Waals surface area contributed by atoms with E-state index in [4.69, 9.17) is 20.9 Å². The van der Waals surface area contributed by atoms with Crippen LogP contribution < -0.4 is 4.74 Å². The van der Waals surface area contributed by atoms with E-state index in [1.54, 1.807) is 19.2 Å². The predicted octanol–water partition coefficient (Wildman–Crippen LogP) is 3.91. The lowest BCUT2D eigenvalue weighted by molar-refractivity contribution is -0.128. The van der Waals surface area contributed by atoms with Crippen LogP contribution in [0.25, 0.3) is 11.4 Å². The first-order valence-electron chi connectivity index (χ1n) is 8.62. The van der Waals surface area contributed by atoms with Crippen LogP contribution >= 0.6 is 11.6 Å². The number of benzene rings is 2. The van der Waals surface area contributed by atoms with Gasteiger partial charge in [0.05, 0.1) is 13.0 Å². The fourth-order valence-corrected chi connectivity index (χ4v) is 3.32. The molecule has 0 spiro atoms. The summed E-state index contributed by atoms with van der Waals surface area (Å²) in [6.45, 7) is 1.09. The molecule has 0 N–H and O–H groups in total. The normalized spacial score (nSPS) is 16.7. The van der Waals surface area contributed by atoms with Crippen LogP contribution in [-0.4, -0.2) is 34.6 Å². The van der Waals surface area contributed by atoms with Gasteiger partial charge in [-0.25, -0.2) is 0 Å². The summed E-state index contributed by atoms with van der Waals surface area (Å²) in [5, 5.41) is 4.69. The standard InChI is InChI=1S/C20H18ClN3O3/c1-26-17-4-2-3-13(9-17)11-24-12-15(10-18(24)25)20-22-19(23-27-20)14-5-7-16(21)8-6-14/h2-9,15H,10-12H2,1H3. The van der Waals surface area contributed by atoms with E-state index >= 15 is 0 Å². The van der Waals surface area contributed by atoms with Crippen LogP contribution in [0, 0.1) is 0 Å². The molecule has 1 fully saturated rings. The first kappa shape index (κ1) is 17.5. The molecule has 27 heavy (non-hydrogen) atoms. The van der Waals surface area contributed by atoms with Crippen LogP contribution in [0.2, 0.25) is 5.02 Å². The van der Waals surface area contributed by atoms with Crippen molar-refractivity contribution in [1.82, 2.24) is 15.0 Å². The second-order valence-electron chi connectivity index (χ2n) is 6.49. The van der Waals surface area contributed by atoms with Crippen molar-refractivity contribution >= 4 is 17.5 Å². The highest BCUT2D eigenvalue weighted by Crippen LogP contribution is 2.30. The van der Waals surface area contributed by atoms with Gasteiger partial charge in [0.1, 0.15) is 5.75 Å². The predicted molar refractivity (Wildman–Crippen MR) is 101 cm³/mol. The molecular formula is C20H18ClN3O3. The molecule has 1 aromatic heterocycles. The van der Waals surface area contributed by atoms with E-state index < -0.39 is 0 Å². The van der Waals surface area contributed by atoms with Crippen LogP contribution in [-0.2, 0) is 11.3 Å². The van der Waals surface area contributed by atoms with E-state index in [1.807, 2.05) is 41.3 Å². The van der Waals surface area contributed by atoms with E-state index in [-0.39, 0.29) is 11.8 Å². The molecule has 1 aliphatic rings. The molecule has 7 heteroatoms. The van der Waals surface area contributed by atoms with Gasteiger partial charge in [0, 0.05) is 30.1 Å². The summed E-state index contributed by atoms with van der Waals surface area (Å²) in [6.07, 6.45) is 0.367. The maximum absolute atomic E-state index is 12.4. The summed E-state index contributed by atoms with van der Waals surface area (Å²) in [7, 11) is 1.63. The Labute approximate surface area is 161 Å². The number of likely N-dealkylation sites (tertiary alicyclic amines) is 1. The molecule has 1 unspecified atom stereocenters. The highest BCUT2D eigenvalue weighted by molar-refractivity contribution is 6.30. The zero-order valence-corrected chi connectivity index (χ0v) is 15.5. The van der Waals surface area contributed by atoms with E-state index in [2.05, 4.69) is 10.1 Å². The molecule has 1 saturated heterocycles. The molecule has 1 atom stereocenters. The molecular weight excluding hydrogens is 366 g/mol. The maximum Gasteiger partial charge on any atom is 0.232 e. The van der Waals surface area contributed by atoms with Gasteiger partial charge < -0.3 is 14.2 Å². The number of nitrogens with zero attached hydrogens (tertiary/aromatic N) is 3. The number of amides is 1. The van der Waals surface area contributed by atoms with Crippen molar-refractivity contribution in [2.75, 3.05) is 13.7 Å². The fourth-order valence-electron chi connectivity index (χ4n) is 3.20. The molecule has 0 saturated carbocycles. The number of aromatic nitrogens is 2. The molecule has 1 aliphatic heterocycles. The van der Waals surface area contributed by atoms with Gasteiger partial charge >= 0.3 is 0 Å². The Bertz CT molecular complexity index is 955. The van der Waals surface area contributed by atoms with E-state index in [1.165, 1.54) is 0 Å². The van der Waals surface area contributed by atoms with Crippen LogP contribution in [0.3, 0.4) is 0 Å². The molecule has 2 heterocycles. The second-order valence-corrected chi connectivity index (χ2v) is 6.93. The van der Waals surface area contributed by atoms with Crippen molar-refractivity contribution in [3.63, 3.8) is 0 Å². The number of methoxy groups -OCH3 is 1.